The zero-order chi connectivity index (χ0) is 25.7. The zero-order valence-corrected chi connectivity index (χ0v) is 21.6. The molecule has 0 amide bonds. The zero-order valence-electron chi connectivity index (χ0n) is 20.8. The Morgan fingerprint density at radius 3 is 2.67 bits per heavy atom. The van der Waals surface area contributed by atoms with Gasteiger partial charge >= 0.3 is 0 Å². The summed E-state index contributed by atoms with van der Waals surface area (Å²) >= 11 is 1.41. The van der Waals surface area contributed by atoms with E-state index in [-0.39, 0.29) is 18.3 Å². The number of methoxy groups -OCH3 is 2. The van der Waals surface area contributed by atoms with E-state index in [2.05, 4.69) is 4.98 Å². The summed E-state index contributed by atoms with van der Waals surface area (Å²) < 4.78 is 21.8. The molecule has 10 heteroatoms. The standard InChI is InChI=1S/C26H31N3O6S/c1-16(2)35-14-18(30)11-29(12-19-6-5-9-34-19)13-23-27-25(31)24-20(15-36-26(24)28-23)17-7-8-21(32-3)22(10-17)33-4/h5-10,15-16,18,30H,11-14H2,1-4H3,(H,27,28,31). The van der Waals surface area contributed by atoms with Crippen LogP contribution in [-0.2, 0) is 17.8 Å². The van der Waals surface area contributed by atoms with Crippen molar-refractivity contribution < 1.29 is 23.7 Å². The van der Waals surface area contributed by atoms with Gasteiger partial charge in [-0.3, -0.25) is 9.69 Å². The molecule has 1 aromatic carbocycles. The summed E-state index contributed by atoms with van der Waals surface area (Å²) in [6.07, 6.45) is 0.938. The molecule has 4 aromatic rings. The van der Waals surface area contributed by atoms with Gasteiger partial charge in [-0.25, -0.2) is 4.98 Å². The summed E-state index contributed by atoms with van der Waals surface area (Å²) in [5, 5.41) is 13.0. The van der Waals surface area contributed by atoms with Crippen molar-refractivity contribution in [2.24, 2.45) is 0 Å². The number of aromatic nitrogens is 2. The van der Waals surface area contributed by atoms with Crippen LogP contribution >= 0.6 is 11.3 Å². The maximum absolute atomic E-state index is 13.2. The number of aromatic amines is 1. The third kappa shape index (κ3) is 6.14. The Morgan fingerprint density at radius 1 is 1.17 bits per heavy atom. The SMILES string of the molecule is COc1ccc(-c2csc3nc(CN(Cc4ccco4)CC(O)COC(C)C)[nH]c(=O)c23)cc1OC. The average molecular weight is 514 g/mol. The summed E-state index contributed by atoms with van der Waals surface area (Å²) in [4.78, 5) is 23.5. The summed E-state index contributed by atoms with van der Waals surface area (Å²) in [5.74, 6) is 2.47. The Balaban J connectivity index is 1.60. The second-order valence-electron chi connectivity index (χ2n) is 8.70. The lowest BCUT2D eigenvalue weighted by Gasteiger charge is -2.24. The quantitative estimate of drug-likeness (QED) is 0.292. The van der Waals surface area contributed by atoms with Gasteiger partial charge < -0.3 is 28.7 Å². The van der Waals surface area contributed by atoms with E-state index < -0.39 is 6.10 Å². The average Bonchev–Trinajstić information content (AvgIpc) is 3.52. The number of benzene rings is 1. The Kier molecular flexibility index (Phi) is 8.42. The van der Waals surface area contributed by atoms with Crippen molar-refractivity contribution in [2.75, 3.05) is 27.4 Å². The largest absolute Gasteiger partial charge is 0.493 e. The van der Waals surface area contributed by atoms with E-state index in [0.717, 1.165) is 16.9 Å². The van der Waals surface area contributed by atoms with E-state index in [0.29, 0.717) is 47.2 Å². The topological polar surface area (TPSA) is 110 Å². The number of hydrogen-bond acceptors (Lipinski definition) is 9. The number of hydrogen-bond donors (Lipinski definition) is 2. The van der Waals surface area contributed by atoms with Crippen molar-refractivity contribution >= 4 is 21.6 Å². The maximum Gasteiger partial charge on any atom is 0.260 e. The van der Waals surface area contributed by atoms with Crippen LogP contribution in [0.25, 0.3) is 21.3 Å². The van der Waals surface area contributed by atoms with Crippen LogP contribution in [0, 0.1) is 0 Å². The van der Waals surface area contributed by atoms with Gasteiger partial charge in [0.05, 0.1) is 57.8 Å². The minimum Gasteiger partial charge on any atom is -0.493 e. The van der Waals surface area contributed by atoms with E-state index in [1.807, 2.05) is 54.5 Å². The lowest BCUT2D eigenvalue weighted by atomic mass is 10.1. The van der Waals surface area contributed by atoms with E-state index in [9.17, 15) is 9.90 Å². The first-order valence-corrected chi connectivity index (χ1v) is 12.5. The molecule has 4 rings (SSSR count). The van der Waals surface area contributed by atoms with E-state index in [4.69, 9.17) is 23.6 Å². The third-order valence-electron chi connectivity index (χ3n) is 5.61. The molecule has 36 heavy (non-hydrogen) atoms. The van der Waals surface area contributed by atoms with Crippen LogP contribution in [-0.4, -0.2) is 59.6 Å². The van der Waals surface area contributed by atoms with Gasteiger partial charge in [-0.2, -0.15) is 0 Å². The van der Waals surface area contributed by atoms with Crippen LogP contribution < -0.4 is 15.0 Å². The molecular weight excluding hydrogens is 482 g/mol. The molecule has 192 valence electrons. The maximum atomic E-state index is 13.2. The Morgan fingerprint density at radius 2 is 1.97 bits per heavy atom. The molecule has 0 bridgehead atoms. The normalized spacial score (nSPS) is 12.5. The van der Waals surface area contributed by atoms with Gasteiger partial charge in [0.1, 0.15) is 16.4 Å². The fourth-order valence-corrected chi connectivity index (χ4v) is 4.93. The highest BCUT2D eigenvalue weighted by atomic mass is 32.1. The second-order valence-corrected chi connectivity index (χ2v) is 9.55. The van der Waals surface area contributed by atoms with Gasteiger partial charge in [0.15, 0.2) is 11.5 Å². The lowest BCUT2D eigenvalue weighted by molar-refractivity contribution is -0.0117. The predicted octanol–water partition coefficient (Wildman–Crippen LogP) is 4.05. The van der Waals surface area contributed by atoms with E-state index in [1.54, 1.807) is 20.5 Å². The van der Waals surface area contributed by atoms with Crippen LogP contribution in [0.15, 0.2) is 51.2 Å². The molecular formula is C26H31N3O6S. The molecule has 1 atom stereocenters. The van der Waals surface area contributed by atoms with E-state index >= 15 is 0 Å². The number of H-pyrrole nitrogens is 1. The van der Waals surface area contributed by atoms with Crippen molar-refractivity contribution in [1.29, 1.82) is 0 Å². The van der Waals surface area contributed by atoms with Crippen LogP contribution in [0.1, 0.15) is 25.4 Å². The highest BCUT2D eigenvalue weighted by Gasteiger charge is 2.19. The highest BCUT2D eigenvalue weighted by Crippen LogP contribution is 2.36. The van der Waals surface area contributed by atoms with Gasteiger partial charge in [0.25, 0.3) is 5.56 Å². The number of rotatable bonds is 12. The van der Waals surface area contributed by atoms with Crippen LogP contribution in [0.5, 0.6) is 11.5 Å². The van der Waals surface area contributed by atoms with Crippen molar-refractivity contribution in [1.82, 2.24) is 14.9 Å². The van der Waals surface area contributed by atoms with Crippen molar-refractivity contribution in [3.8, 4) is 22.6 Å². The van der Waals surface area contributed by atoms with Crippen LogP contribution in [0.4, 0.5) is 0 Å². The number of thiophene rings is 1. The van der Waals surface area contributed by atoms with E-state index in [1.165, 1.54) is 11.3 Å². The molecule has 0 radical (unpaired) electrons. The summed E-state index contributed by atoms with van der Waals surface area (Å²) in [7, 11) is 3.16. The number of aliphatic hydroxyl groups excluding tert-OH is 1. The lowest BCUT2D eigenvalue weighted by Crippen LogP contribution is -2.35. The van der Waals surface area contributed by atoms with Gasteiger partial charge in [-0.05, 0) is 43.7 Å². The minimum absolute atomic E-state index is 0.0253. The molecule has 0 spiro atoms. The molecule has 3 aromatic heterocycles. The Bertz CT molecular complexity index is 1330. The smallest absolute Gasteiger partial charge is 0.260 e. The van der Waals surface area contributed by atoms with Gasteiger partial charge in [-0.15, -0.1) is 11.3 Å². The second kappa shape index (κ2) is 11.7. The Labute approximate surface area is 213 Å². The summed E-state index contributed by atoms with van der Waals surface area (Å²) in [6.45, 7) is 5.18. The molecule has 0 aliphatic heterocycles. The van der Waals surface area contributed by atoms with Crippen molar-refractivity contribution in [3.05, 3.63) is 63.9 Å². The molecule has 3 heterocycles. The first-order valence-electron chi connectivity index (χ1n) is 11.6. The number of nitrogens with zero attached hydrogens (tertiary/aromatic N) is 2. The molecule has 9 nitrogen and oxygen atoms in total. The fraction of sp³-hybridized carbons (Fsp3) is 0.385. The summed E-state index contributed by atoms with van der Waals surface area (Å²) in [6, 6.07) is 9.24. The fourth-order valence-electron chi connectivity index (χ4n) is 3.96. The van der Waals surface area contributed by atoms with Gasteiger partial charge in [0.2, 0.25) is 0 Å². The predicted molar refractivity (Wildman–Crippen MR) is 139 cm³/mol. The minimum atomic E-state index is -0.698. The molecule has 0 saturated carbocycles. The molecule has 0 aliphatic carbocycles. The van der Waals surface area contributed by atoms with Crippen LogP contribution in [0.3, 0.4) is 0 Å². The molecule has 0 saturated heterocycles. The first kappa shape index (κ1) is 25.9. The number of nitrogens with one attached hydrogen (secondary N) is 1. The molecule has 0 fully saturated rings. The monoisotopic (exact) mass is 513 g/mol. The molecule has 2 N–H and O–H groups in total. The number of furan rings is 1. The Hall–Kier alpha value is -3.18. The highest BCUT2D eigenvalue weighted by molar-refractivity contribution is 7.17. The number of ether oxygens (including phenoxy) is 3. The van der Waals surface area contributed by atoms with Crippen molar-refractivity contribution in [3.63, 3.8) is 0 Å². The first-order chi connectivity index (χ1) is 17.4. The number of fused-ring (bicyclic) bond motifs is 1. The number of aliphatic hydroxyl groups is 1. The van der Waals surface area contributed by atoms with Gasteiger partial charge in [0, 0.05) is 17.5 Å². The van der Waals surface area contributed by atoms with Crippen LogP contribution in [0.2, 0.25) is 0 Å². The molecule has 0 aliphatic rings. The van der Waals surface area contributed by atoms with Gasteiger partial charge in [-0.1, -0.05) is 6.07 Å². The van der Waals surface area contributed by atoms with Crippen molar-refractivity contribution in [2.45, 2.75) is 39.1 Å². The third-order valence-corrected chi connectivity index (χ3v) is 6.48. The summed E-state index contributed by atoms with van der Waals surface area (Å²) in [5.41, 5.74) is 1.40. The molecule has 1 unspecified atom stereocenters.